The zero-order chi connectivity index (χ0) is 16.2. The summed E-state index contributed by atoms with van der Waals surface area (Å²) in [4.78, 5) is 18.7. The van der Waals surface area contributed by atoms with Gasteiger partial charge in [-0.15, -0.1) is 4.91 Å². The highest BCUT2D eigenvalue weighted by Crippen LogP contribution is 2.24. The van der Waals surface area contributed by atoms with Crippen LogP contribution in [0, 0.1) is 16.5 Å². The molecule has 0 atom stereocenters. The monoisotopic (exact) mass is 312 g/mol. The summed E-state index contributed by atoms with van der Waals surface area (Å²) in [6.07, 6.45) is 1.43. The fourth-order valence-electron chi connectivity index (χ4n) is 2.03. The molecular weight excluding hydrogens is 302 g/mol. The minimum atomic E-state index is -0.580. The summed E-state index contributed by atoms with van der Waals surface area (Å²) in [6.45, 7) is 0. The second kappa shape index (κ2) is 6.27. The Labute approximate surface area is 130 Å². The highest BCUT2D eigenvalue weighted by Gasteiger charge is 2.09. The van der Waals surface area contributed by atoms with E-state index in [4.69, 9.17) is 0 Å². The minimum absolute atomic E-state index is 0.0405. The van der Waals surface area contributed by atoms with Crippen LogP contribution < -0.4 is 5.32 Å². The van der Waals surface area contributed by atoms with Gasteiger partial charge in [-0.1, -0.05) is 6.07 Å². The molecule has 0 aliphatic heterocycles. The molecule has 5 nitrogen and oxygen atoms in total. The van der Waals surface area contributed by atoms with Gasteiger partial charge in [-0.2, -0.15) is 0 Å². The van der Waals surface area contributed by atoms with Crippen molar-refractivity contribution in [2.24, 2.45) is 5.18 Å². The maximum absolute atomic E-state index is 13.8. The fourth-order valence-corrected chi connectivity index (χ4v) is 2.03. The second-order valence-electron chi connectivity index (χ2n) is 4.66. The largest absolute Gasteiger partial charge is 0.324 e. The van der Waals surface area contributed by atoms with Crippen LogP contribution in [0.2, 0.25) is 0 Å². The number of nitroso groups, excluding NO2 is 1. The number of hydrogen-bond acceptors (Lipinski definition) is 5. The smallest absolute Gasteiger partial charge is 0.227 e. The Morgan fingerprint density at radius 1 is 1.04 bits per heavy atom. The van der Waals surface area contributed by atoms with E-state index < -0.39 is 11.6 Å². The lowest BCUT2D eigenvalue weighted by atomic mass is 10.1. The van der Waals surface area contributed by atoms with Crippen LogP contribution in [0.25, 0.3) is 11.3 Å². The van der Waals surface area contributed by atoms with Crippen molar-refractivity contribution in [2.45, 2.75) is 0 Å². The summed E-state index contributed by atoms with van der Waals surface area (Å²) in [5.41, 5.74) is 1.09. The number of halogens is 2. The summed E-state index contributed by atoms with van der Waals surface area (Å²) >= 11 is 0. The number of rotatable bonds is 4. The Morgan fingerprint density at radius 3 is 2.74 bits per heavy atom. The lowest BCUT2D eigenvalue weighted by molar-refractivity contribution is 0.602. The Kier molecular flexibility index (Phi) is 4.01. The van der Waals surface area contributed by atoms with Gasteiger partial charge in [0.1, 0.15) is 17.3 Å². The van der Waals surface area contributed by atoms with E-state index in [1.165, 1.54) is 18.3 Å². The molecule has 0 saturated heterocycles. The summed E-state index contributed by atoms with van der Waals surface area (Å²) < 4.78 is 27.1. The zero-order valence-corrected chi connectivity index (χ0v) is 11.7. The van der Waals surface area contributed by atoms with Crippen molar-refractivity contribution in [3.63, 3.8) is 0 Å². The topological polar surface area (TPSA) is 67.2 Å². The molecule has 23 heavy (non-hydrogen) atoms. The molecule has 1 N–H and O–H groups in total. The van der Waals surface area contributed by atoms with E-state index in [2.05, 4.69) is 20.5 Å². The van der Waals surface area contributed by atoms with Gasteiger partial charge in [0.15, 0.2) is 0 Å². The van der Waals surface area contributed by atoms with E-state index in [1.54, 1.807) is 18.2 Å². The molecule has 0 radical (unpaired) electrons. The molecule has 3 rings (SSSR count). The molecule has 2 aromatic carbocycles. The first-order valence-electron chi connectivity index (χ1n) is 6.64. The number of aromatic nitrogens is 2. The van der Waals surface area contributed by atoms with Crippen molar-refractivity contribution in [3.8, 4) is 11.3 Å². The Morgan fingerprint density at radius 2 is 1.91 bits per heavy atom. The summed E-state index contributed by atoms with van der Waals surface area (Å²) in [7, 11) is 0. The minimum Gasteiger partial charge on any atom is -0.324 e. The van der Waals surface area contributed by atoms with Crippen LogP contribution in [-0.2, 0) is 0 Å². The van der Waals surface area contributed by atoms with Crippen LogP contribution in [0.1, 0.15) is 0 Å². The average Bonchev–Trinajstić information content (AvgIpc) is 2.57. The van der Waals surface area contributed by atoms with Crippen molar-refractivity contribution >= 4 is 17.3 Å². The van der Waals surface area contributed by atoms with E-state index >= 15 is 0 Å². The normalized spacial score (nSPS) is 10.3. The molecule has 0 amide bonds. The van der Waals surface area contributed by atoms with Crippen molar-refractivity contribution in [2.75, 3.05) is 5.32 Å². The highest BCUT2D eigenvalue weighted by molar-refractivity contribution is 5.64. The average molecular weight is 312 g/mol. The summed E-state index contributed by atoms with van der Waals surface area (Å²) in [6, 6.07) is 11.0. The van der Waals surface area contributed by atoms with Crippen molar-refractivity contribution in [1.29, 1.82) is 0 Å². The molecule has 0 saturated carbocycles. The predicted molar refractivity (Wildman–Crippen MR) is 82.6 cm³/mol. The van der Waals surface area contributed by atoms with Gasteiger partial charge in [0.05, 0.1) is 5.69 Å². The zero-order valence-electron chi connectivity index (χ0n) is 11.7. The third kappa shape index (κ3) is 3.34. The molecule has 114 valence electrons. The van der Waals surface area contributed by atoms with Gasteiger partial charge in [-0.05, 0) is 47.6 Å². The van der Waals surface area contributed by atoms with E-state index in [-0.39, 0.29) is 22.9 Å². The van der Waals surface area contributed by atoms with E-state index in [1.807, 2.05) is 0 Å². The number of nitrogens with one attached hydrogen (secondary N) is 1. The first-order chi connectivity index (χ1) is 11.2. The molecule has 0 spiro atoms. The fraction of sp³-hybridized carbons (Fsp3) is 0. The predicted octanol–water partition coefficient (Wildman–Crippen LogP) is 4.56. The van der Waals surface area contributed by atoms with Crippen LogP contribution in [-0.4, -0.2) is 9.97 Å². The lowest BCUT2D eigenvalue weighted by Gasteiger charge is -2.07. The van der Waals surface area contributed by atoms with Gasteiger partial charge in [0, 0.05) is 17.4 Å². The second-order valence-corrected chi connectivity index (χ2v) is 4.66. The molecule has 0 bridgehead atoms. The van der Waals surface area contributed by atoms with Gasteiger partial charge >= 0.3 is 0 Å². The van der Waals surface area contributed by atoms with Crippen molar-refractivity contribution in [3.05, 3.63) is 71.3 Å². The van der Waals surface area contributed by atoms with Gasteiger partial charge in [0.2, 0.25) is 5.95 Å². The van der Waals surface area contributed by atoms with E-state index in [0.29, 0.717) is 5.69 Å². The van der Waals surface area contributed by atoms with Gasteiger partial charge < -0.3 is 5.32 Å². The molecule has 0 aliphatic rings. The third-order valence-electron chi connectivity index (χ3n) is 3.07. The molecule has 1 aromatic heterocycles. The maximum atomic E-state index is 13.8. The van der Waals surface area contributed by atoms with Crippen molar-refractivity contribution in [1.82, 2.24) is 9.97 Å². The molecule has 0 fully saturated rings. The Balaban J connectivity index is 1.93. The highest BCUT2D eigenvalue weighted by atomic mass is 19.1. The lowest BCUT2D eigenvalue weighted by Crippen LogP contribution is -1.98. The van der Waals surface area contributed by atoms with Gasteiger partial charge in [-0.25, -0.2) is 18.7 Å². The van der Waals surface area contributed by atoms with Gasteiger partial charge in [0.25, 0.3) is 0 Å². The number of nitrogens with zero attached hydrogens (tertiary/aromatic N) is 3. The molecule has 0 aliphatic carbocycles. The van der Waals surface area contributed by atoms with E-state index in [9.17, 15) is 13.7 Å². The van der Waals surface area contributed by atoms with E-state index in [0.717, 1.165) is 18.2 Å². The van der Waals surface area contributed by atoms with Crippen LogP contribution in [0.5, 0.6) is 0 Å². The number of benzene rings is 2. The van der Waals surface area contributed by atoms with Crippen LogP contribution in [0.3, 0.4) is 0 Å². The molecule has 3 aromatic rings. The number of hydrogen-bond donors (Lipinski definition) is 1. The van der Waals surface area contributed by atoms with Crippen molar-refractivity contribution < 1.29 is 8.78 Å². The molecule has 0 unspecified atom stereocenters. The Hall–Kier alpha value is -3.22. The molecule has 7 heteroatoms. The van der Waals surface area contributed by atoms with Crippen LogP contribution in [0.15, 0.2) is 59.9 Å². The first-order valence-corrected chi connectivity index (χ1v) is 6.64. The third-order valence-corrected chi connectivity index (χ3v) is 3.07. The SMILES string of the molecule is O=Nc1cccc(Nc2nccc(-c3cc(F)ccc3F)n2)c1. The quantitative estimate of drug-likeness (QED) is 0.717. The summed E-state index contributed by atoms with van der Waals surface area (Å²) in [5, 5.41) is 5.72. The molecular formula is C16H10F2N4O. The van der Waals surface area contributed by atoms with Crippen LogP contribution in [0.4, 0.5) is 26.1 Å². The van der Waals surface area contributed by atoms with Crippen LogP contribution >= 0.6 is 0 Å². The molecule has 1 heterocycles. The number of anilines is 2. The first kappa shape index (κ1) is 14.7. The standard InChI is InChI=1S/C16H10F2N4O/c17-10-4-5-14(18)13(8-10)15-6-7-19-16(21-15)20-11-2-1-3-12(9-11)22-23/h1-9H,(H,19,20,21). The summed E-state index contributed by atoms with van der Waals surface area (Å²) in [5.74, 6) is -0.948. The maximum Gasteiger partial charge on any atom is 0.227 e. The van der Waals surface area contributed by atoms with Gasteiger partial charge in [-0.3, -0.25) is 0 Å². The Bertz CT molecular complexity index is 870.